The summed E-state index contributed by atoms with van der Waals surface area (Å²) < 4.78 is 0. The molecule has 0 unspecified atom stereocenters. The van der Waals surface area contributed by atoms with Gasteiger partial charge < -0.3 is 10.4 Å². The summed E-state index contributed by atoms with van der Waals surface area (Å²) in [6, 6.07) is 8.38. The second-order valence-corrected chi connectivity index (χ2v) is 5.09. The van der Waals surface area contributed by atoms with Crippen LogP contribution in [0.3, 0.4) is 0 Å². The van der Waals surface area contributed by atoms with E-state index in [1.807, 2.05) is 32.3 Å². The second kappa shape index (κ2) is 6.13. The highest BCUT2D eigenvalue weighted by Crippen LogP contribution is 2.16. The van der Waals surface area contributed by atoms with Gasteiger partial charge in [0.25, 0.3) is 0 Å². The number of fused-ring (bicyclic) bond motifs is 1. The highest BCUT2D eigenvalue weighted by Gasteiger charge is 2.20. The van der Waals surface area contributed by atoms with E-state index in [0.717, 1.165) is 24.8 Å². The SMILES string of the molecule is CCC(O)(CC)CNCc1ccc2cnccc2c1. The van der Waals surface area contributed by atoms with E-state index in [2.05, 4.69) is 28.5 Å². The molecule has 1 aromatic carbocycles. The Morgan fingerprint density at radius 1 is 1.16 bits per heavy atom. The van der Waals surface area contributed by atoms with E-state index in [0.29, 0.717) is 6.54 Å². The number of aromatic nitrogens is 1. The Kier molecular flexibility index (Phi) is 4.51. The highest BCUT2D eigenvalue weighted by atomic mass is 16.3. The predicted molar refractivity (Wildman–Crippen MR) is 79.0 cm³/mol. The van der Waals surface area contributed by atoms with Crippen LogP contribution in [0.5, 0.6) is 0 Å². The first-order valence-electron chi connectivity index (χ1n) is 6.92. The van der Waals surface area contributed by atoms with Crippen LogP contribution in [0.2, 0.25) is 0 Å². The quantitative estimate of drug-likeness (QED) is 0.837. The molecule has 102 valence electrons. The molecule has 1 aromatic heterocycles. The van der Waals surface area contributed by atoms with E-state index in [1.165, 1.54) is 10.9 Å². The fourth-order valence-corrected chi connectivity index (χ4v) is 2.18. The molecule has 0 atom stereocenters. The maximum absolute atomic E-state index is 10.2. The van der Waals surface area contributed by atoms with Gasteiger partial charge in [0.2, 0.25) is 0 Å². The minimum Gasteiger partial charge on any atom is -0.389 e. The zero-order valence-corrected chi connectivity index (χ0v) is 11.7. The summed E-state index contributed by atoms with van der Waals surface area (Å²) in [5.41, 5.74) is 0.647. The first-order valence-corrected chi connectivity index (χ1v) is 6.92. The van der Waals surface area contributed by atoms with E-state index < -0.39 is 5.60 Å². The number of rotatable bonds is 6. The molecule has 0 radical (unpaired) electrons. The van der Waals surface area contributed by atoms with Gasteiger partial charge in [0.15, 0.2) is 0 Å². The van der Waals surface area contributed by atoms with Crippen LogP contribution in [0.1, 0.15) is 32.3 Å². The fourth-order valence-electron chi connectivity index (χ4n) is 2.18. The van der Waals surface area contributed by atoms with Crippen LogP contribution in [-0.2, 0) is 6.54 Å². The van der Waals surface area contributed by atoms with Crippen molar-refractivity contribution in [2.45, 2.75) is 38.8 Å². The lowest BCUT2D eigenvalue weighted by Gasteiger charge is -2.25. The zero-order chi connectivity index (χ0) is 13.7. The Hall–Kier alpha value is -1.45. The molecule has 0 aliphatic carbocycles. The van der Waals surface area contributed by atoms with Crippen LogP contribution >= 0.6 is 0 Å². The first-order chi connectivity index (χ1) is 9.17. The molecule has 2 rings (SSSR count). The number of hydrogen-bond donors (Lipinski definition) is 2. The van der Waals surface area contributed by atoms with E-state index in [9.17, 15) is 5.11 Å². The molecular weight excluding hydrogens is 236 g/mol. The molecule has 0 aliphatic rings. The van der Waals surface area contributed by atoms with Crippen molar-refractivity contribution in [3.63, 3.8) is 0 Å². The van der Waals surface area contributed by atoms with Crippen molar-refractivity contribution in [2.24, 2.45) is 0 Å². The smallest absolute Gasteiger partial charge is 0.0766 e. The standard InChI is InChI=1S/C16H22N2O/c1-3-16(19,4-2)12-18-10-13-5-6-15-11-17-8-7-14(15)9-13/h5-9,11,18-19H,3-4,10,12H2,1-2H3. The Morgan fingerprint density at radius 2 is 1.95 bits per heavy atom. The van der Waals surface area contributed by atoms with Crippen LogP contribution in [0.4, 0.5) is 0 Å². The van der Waals surface area contributed by atoms with Gasteiger partial charge in [-0.3, -0.25) is 4.98 Å². The van der Waals surface area contributed by atoms with Crippen LogP contribution in [0.15, 0.2) is 36.7 Å². The van der Waals surface area contributed by atoms with Crippen LogP contribution < -0.4 is 5.32 Å². The number of benzene rings is 1. The Balaban J connectivity index is 1.98. The van der Waals surface area contributed by atoms with Gasteiger partial charge in [-0.05, 0) is 35.9 Å². The number of nitrogens with one attached hydrogen (secondary N) is 1. The summed E-state index contributed by atoms with van der Waals surface area (Å²) in [7, 11) is 0. The van der Waals surface area contributed by atoms with Crippen molar-refractivity contribution in [1.29, 1.82) is 0 Å². The molecule has 0 saturated heterocycles. The van der Waals surface area contributed by atoms with Crippen molar-refractivity contribution in [3.8, 4) is 0 Å². The van der Waals surface area contributed by atoms with Gasteiger partial charge in [0.1, 0.15) is 0 Å². The van der Waals surface area contributed by atoms with Crippen molar-refractivity contribution in [1.82, 2.24) is 10.3 Å². The van der Waals surface area contributed by atoms with Crippen molar-refractivity contribution in [2.75, 3.05) is 6.54 Å². The Labute approximate surface area is 114 Å². The van der Waals surface area contributed by atoms with Gasteiger partial charge in [0, 0.05) is 30.9 Å². The van der Waals surface area contributed by atoms with Crippen LogP contribution in [0.25, 0.3) is 10.8 Å². The van der Waals surface area contributed by atoms with Gasteiger partial charge >= 0.3 is 0 Å². The van der Waals surface area contributed by atoms with Gasteiger partial charge in [0.05, 0.1) is 5.60 Å². The number of aliphatic hydroxyl groups is 1. The van der Waals surface area contributed by atoms with E-state index in [1.54, 1.807) is 0 Å². The summed E-state index contributed by atoms with van der Waals surface area (Å²) in [4.78, 5) is 4.11. The van der Waals surface area contributed by atoms with Crippen molar-refractivity contribution < 1.29 is 5.11 Å². The largest absolute Gasteiger partial charge is 0.389 e. The van der Waals surface area contributed by atoms with Crippen molar-refractivity contribution in [3.05, 3.63) is 42.2 Å². The highest BCUT2D eigenvalue weighted by molar-refractivity contribution is 5.81. The number of pyridine rings is 1. The Bertz CT molecular complexity index is 535. The van der Waals surface area contributed by atoms with E-state index in [4.69, 9.17) is 0 Å². The molecule has 2 N–H and O–H groups in total. The van der Waals surface area contributed by atoms with E-state index in [-0.39, 0.29) is 0 Å². The second-order valence-electron chi connectivity index (χ2n) is 5.09. The summed E-state index contributed by atoms with van der Waals surface area (Å²) >= 11 is 0. The maximum atomic E-state index is 10.2. The number of nitrogens with zero attached hydrogens (tertiary/aromatic N) is 1. The van der Waals surface area contributed by atoms with Crippen molar-refractivity contribution >= 4 is 10.8 Å². The van der Waals surface area contributed by atoms with Gasteiger partial charge in [-0.2, -0.15) is 0 Å². The lowest BCUT2D eigenvalue weighted by Crippen LogP contribution is -2.39. The average molecular weight is 258 g/mol. The van der Waals surface area contributed by atoms with Gasteiger partial charge in [-0.25, -0.2) is 0 Å². The summed E-state index contributed by atoms with van der Waals surface area (Å²) in [6.45, 7) is 5.46. The third-order valence-electron chi connectivity index (χ3n) is 3.80. The van der Waals surface area contributed by atoms with Gasteiger partial charge in [-0.1, -0.05) is 26.0 Å². The van der Waals surface area contributed by atoms with Gasteiger partial charge in [-0.15, -0.1) is 0 Å². The molecule has 3 nitrogen and oxygen atoms in total. The summed E-state index contributed by atoms with van der Waals surface area (Å²) in [5, 5.41) is 15.9. The lowest BCUT2D eigenvalue weighted by molar-refractivity contribution is 0.0323. The molecule has 1 heterocycles. The van der Waals surface area contributed by atoms with Crippen LogP contribution in [0, 0.1) is 0 Å². The summed E-state index contributed by atoms with van der Waals surface area (Å²) in [5.74, 6) is 0. The molecule has 0 aliphatic heterocycles. The molecule has 0 saturated carbocycles. The van der Waals surface area contributed by atoms with E-state index >= 15 is 0 Å². The normalized spacial score (nSPS) is 11.9. The maximum Gasteiger partial charge on any atom is 0.0766 e. The molecule has 0 bridgehead atoms. The molecule has 19 heavy (non-hydrogen) atoms. The molecule has 2 aromatic rings. The summed E-state index contributed by atoms with van der Waals surface area (Å²) in [6.07, 6.45) is 5.24. The molecule has 0 spiro atoms. The third kappa shape index (κ3) is 3.52. The minimum atomic E-state index is -0.583. The molecule has 3 heteroatoms. The monoisotopic (exact) mass is 258 g/mol. The first kappa shape index (κ1) is 14.0. The minimum absolute atomic E-state index is 0.583. The Morgan fingerprint density at radius 3 is 2.68 bits per heavy atom. The predicted octanol–water partition coefficient (Wildman–Crippen LogP) is 2.88. The number of hydrogen-bond acceptors (Lipinski definition) is 3. The third-order valence-corrected chi connectivity index (χ3v) is 3.80. The average Bonchev–Trinajstić information content (AvgIpc) is 2.47. The fraction of sp³-hybridized carbons (Fsp3) is 0.438. The molecule has 0 fully saturated rings. The zero-order valence-electron chi connectivity index (χ0n) is 11.7. The molecular formula is C16H22N2O. The van der Waals surface area contributed by atoms with Crippen LogP contribution in [-0.4, -0.2) is 22.2 Å². The topological polar surface area (TPSA) is 45.1 Å². The molecule has 0 amide bonds. The lowest BCUT2D eigenvalue weighted by atomic mass is 9.97.